The van der Waals surface area contributed by atoms with Crippen LogP contribution < -0.4 is 10.2 Å². The maximum atomic E-state index is 12.6. The van der Waals surface area contributed by atoms with Crippen LogP contribution in [0.4, 0.5) is 10.8 Å². The summed E-state index contributed by atoms with van der Waals surface area (Å²) in [4.78, 5) is 42.4. The highest BCUT2D eigenvalue weighted by molar-refractivity contribution is 7.14. The van der Waals surface area contributed by atoms with Gasteiger partial charge in [0.25, 0.3) is 0 Å². The summed E-state index contributed by atoms with van der Waals surface area (Å²) < 4.78 is 4.89. The van der Waals surface area contributed by atoms with Crippen LogP contribution >= 0.6 is 11.3 Å². The SMILES string of the molecule is CCOC(=O)c1csc(NC(=O)C2CC(=O)N(c3cccc(C)c3C)C2)n1. The van der Waals surface area contributed by atoms with Crippen molar-refractivity contribution in [2.45, 2.75) is 27.2 Å². The molecule has 2 aromatic rings. The highest BCUT2D eigenvalue weighted by Crippen LogP contribution is 2.30. The van der Waals surface area contributed by atoms with Crippen molar-refractivity contribution in [3.8, 4) is 0 Å². The highest BCUT2D eigenvalue weighted by atomic mass is 32.1. The highest BCUT2D eigenvalue weighted by Gasteiger charge is 2.36. The van der Waals surface area contributed by atoms with Gasteiger partial charge in [0.05, 0.1) is 12.5 Å². The fraction of sp³-hybridized carbons (Fsp3) is 0.368. The average Bonchev–Trinajstić information content (AvgIpc) is 3.24. The van der Waals surface area contributed by atoms with E-state index in [0.717, 1.165) is 28.2 Å². The van der Waals surface area contributed by atoms with Crippen molar-refractivity contribution in [2.24, 2.45) is 5.92 Å². The molecule has 0 saturated carbocycles. The number of rotatable bonds is 5. The van der Waals surface area contributed by atoms with Crippen LogP contribution in [-0.2, 0) is 14.3 Å². The molecule has 1 aromatic carbocycles. The Morgan fingerprint density at radius 3 is 2.89 bits per heavy atom. The molecule has 7 nitrogen and oxygen atoms in total. The first-order chi connectivity index (χ1) is 12.9. The Kier molecular flexibility index (Phi) is 5.55. The van der Waals surface area contributed by atoms with Crippen LogP contribution in [0.1, 0.15) is 35.0 Å². The fourth-order valence-electron chi connectivity index (χ4n) is 2.98. The molecule has 1 saturated heterocycles. The van der Waals surface area contributed by atoms with E-state index in [9.17, 15) is 14.4 Å². The molecule has 27 heavy (non-hydrogen) atoms. The smallest absolute Gasteiger partial charge is 0.357 e. The monoisotopic (exact) mass is 387 g/mol. The minimum absolute atomic E-state index is 0.0739. The van der Waals surface area contributed by atoms with Gasteiger partial charge in [0, 0.05) is 24.0 Å². The van der Waals surface area contributed by atoms with Gasteiger partial charge < -0.3 is 15.0 Å². The molecule has 3 rings (SSSR count). The van der Waals surface area contributed by atoms with E-state index in [2.05, 4.69) is 10.3 Å². The number of carbonyl (C=O) groups excluding carboxylic acids is 3. The van der Waals surface area contributed by atoms with E-state index in [1.807, 2.05) is 32.0 Å². The number of anilines is 2. The molecule has 1 fully saturated rings. The molecule has 8 heteroatoms. The van der Waals surface area contributed by atoms with Gasteiger partial charge in [-0.1, -0.05) is 12.1 Å². The molecule has 1 aliphatic heterocycles. The lowest BCUT2D eigenvalue weighted by Crippen LogP contribution is -2.28. The minimum Gasteiger partial charge on any atom is -0.461 e. The zero-order valence-electron chi connectivity index (χ0n) is 15.4. The van der Waals surface area contributed by atoms with E-state index in [4.69, 9.17) is 4.74 Å². The predicted molar refractivity (Wildman–Crippen MR) is 103 cm³/mol. The summed E-state index contributed by atoms with van der Waals surface area (Å²) in [5.41, 5.74) is 3.14. The third-order valence-corrected chi connectivity index (χ3v) is 5.34. The zero-order chi connectivity index (χ0) is 19.6. The van der Waals surface area contributed by atoms with Crippen LogP contribution in [0.5, 0.6) is 0 Å². The van der Waals surface area contributed by atoms with Gasteiger partial charge >= 0.3 is 5.97 Å². The molecule has 0 bridgehead atoms. The van der Waals surface area contributed by atoms with E-state index in [-0.39, 0.29) is 30.5 Å². The standard InChI is InChI=1S/C19H21N3O4S/c1-4-26-18(25)14-10-27-19(20-14)21-17(24)13-8-16(23)22(9-13)15-7-5-6-11(2)12(15)3/h5-7,10,13H,4,8-9H2,1-3H3,(H,20,21,24). The van der Waals surface area contributed by atoms with E-state index >= 15 is 0 Å². The van der Waals surface area contributed by atoms with Crippen molar-refractivity contribution in [3.05, 3.63) is 40.4 Å². The normalized spacial score (nSPS) is 16.5. The van der Waals surface area contributed by atoms with Gasteiger partial charge in [-0.2, -0.15) is 0 Å². The van der Waals surface area contributed by atoms with E-state index < -0.39 is 11.9 Å². The summed E-state index contributed by atoms with van der Waals surface area (Å²) >= 11 is 1.15. The Labute approximate surface area is 161 Å². The molecular weight excluding hydrogens is 366 g/mol. The third kappa shape index (κ3) is 4.00. The lowest BCUT2D eigenvalue weighted by atomic mass is 10.1. The largest absolute Gasteiger partial charge is 0.461 e. The zero-order valence-corrected chi connectivity index (χ0v) is 16.3. The molecule has 2 amide bonds. The molecule has 0 spiro atoms. The summed E-state index contributed by atoms with van der Waals surface area (Å²) in [6.07, 6.45) is 0.148. The molecule has 1 atom stereocenters. The van der Waals surface area contributed by atoms with E-state index in [1.54, 1.807) is 11.8 Å². The predicted octanol–water partition coefficient (Wildman–Crippen LogP) is 2.93. The number of nitrogens with zero attached hydrogens (tertiary/aromatic N) is 2. The van der Waals surface area contributed by atoms with Crippen LogP contribution in [0.3, 0.4) is 0 Å². The number of amides is 2. The van der Waals surface area contributed by atoms with Crippen LogP contribution in [0, 0.1) is 19.8 Å². The molecule has 142 valence electrons. The van der Waals surface area contributed by atoms with Crippen LogP contribution in [-0.4, -0.2) is 35.9 Å². The summed E-state index contributed by atoms with van der Waals surface area (Å²) in [6, 6.07) is 5.80. The summed E-state index contributed by atoms with van der Waals surface area (Å²) in [5, 5.41) is 4.56. The Balaban J connectivity index is 1.67. The Morgan fingerprint density at radius 2 is 2.15 bits per heavy atom. The van der Waals surface area contributed by atoms with Gasteiger partial charge in [-0.15, -0.1) is 11.3 Å². The van der Waals surface area contributed by atoms with E-state index in [1.165, 1.54) is 5.38 Å². The van der Waals surface area contributed by atoms with Crippen molar-refractivity contribution in [1.82, 2.24) is 4.98 Å². The second-order valence-electron chi connectivity index (χ2n) is 6.37. The lowest BCUT2D eigenvalue weighted by Gasteiger charge is -2.20. The first-order valence-corrected chi connectivity index (χ1v) is 9.58. The topological polar surface area (TPSA) is 88.6 Å². The van der Waals surface area contributed by atoms with Crippen LogP contribution in [0.2, 0.25) is 0 Å². The van der Waals surface area contributed by atoms with Gasteiger partial charge in [-0.3, -0.25) is 9.59 Å². The number of esters is 1. The van der Waals surface area contributed by atoms with Gasteiger partial charge in [-0.05, 0) is 38.0 Å². The number of hydrogen-bond acceptors (Lipinski definition) is 6. The third-order valence-electron chi connectivity index (χ3n) is 4.58. The molecule has 1 aromatic heterocycles. The van der Waals surface area contributed by atoms with Crippen molar-refractivity contribution < 1.29 is 19.1 Å². The Hall–Kier alpha value is -2.74. The summed E-state index contributed by atoms with van der Waals surface area (Å²) in [7, 11) is 0. The summed E-state index contributed by atoms with van der Waals surface area (Å²) in [5.74, 6) is -1.34. The number of hydrogen-bond donors (Lipinski definition) is 1. The minimum atomic E-state index is -0.522. The number of aryl methyl sites for hydroxylation is 1. The first kappa shape index (κ1) is 19.0. The van der Waals surface area contributed by atoms with Gasteiger partial charge in [-0.25, -0.2) is 9.78 Å². The van der Waals surface area contributed by atoms with Crippen molar-refractivity contribution in [1.29, 1.82) is 0 Å². The van der Waals surface area contributed by atoms with Crippen LogP contribution in [0.25, 0.3) is 0 Å². The maximum absolute atomic E-state index is 12.6. The molecular formula is C19H21N3O4S. The summed E-state index contributed by atoms with van der Waals surface area (Å²) in [6.45, 7) is 6.26. The number of benzene rings is 1. The quantitative estimate of drug-likeness (QED) is 0.797. The average molecular weight is 387 g/mol. The van der Waals surface area contributed by atoms with Crippen molar-refractivity contribution >= 4 is 39.9 Å². The molecule has 2 heterocycles. The van der Waals surface area contributed by atoms with E-state index in [0.29, 0.717) is 11.7 Å². The molecule has 0 radical (unpaired) electrons. The number of ether oxygens (including phenoxy) is 1. The molecule has 1 N–H and O–H groups in total. The number of aromatic nitrogens is 1. The number of thiazole rings is 1. The lowest BCUT2D eigenvalue weighted by molar-refractivity contribution is -0.122. The second kappa shape index (κ2) is 7.87. The molecule has 1 aliphatic rings. The van der Waals surface area contributed by atoms with Gasteiger partial charge in [0.1, 0.15) is 0 Å². The second-order valence-corrected chi connectivity index (χ2v) is 7.23. The Bertz CT molecular complexity index is 893. The van der Waals surface area contributed by atoms with Crippen LogP contribution in [0.15, 0.2) is 23.6 Å². The molecule has 1 unspecified atom stereocenters. The Morgan fingerprint density at radius 1 is 1.37 bits per heavy atom. The number of carbonyl (C=O) groups is 3. The van der Waals surface area contributed by atoms with Crippen molar-refractivity contribution in [2.75, 3.05) is 23.4 Å². The van der Waals surface area contributed by atoms with Crippen molar-refractivity contribution in [3.63, 3.8) is 0 Å². The van der Waals surface area contributed by atoms with Gasteiger partial charge in [0.2, 0.25) is 11.8 Å². The fourth-order valence-corrected chi connectivity index (χ4v) is 3.66. The first-order valence-electron chi connectivity index (χ1n) is 8.70. The van der Waals surface area contributed by atoms with Gasteiger partial charge in [0.15, 0.2) is 10.8 Å². The number of nitrogens with one attached hydrogen (secondary N) is 1. The molecule has 0 aliphatic carbocycles. The maximum Gasteiger partial charge on any atom is 0.357 e.